The maximum Gasteiger partial charge on any atom is 1.00 e. The van der Waals surface area contributed by atoms with Crippen LogP contribution >= 0.6 is 0 Å². The minimum absolute atomic E-state index is 0. The van der Waals surface area contributed by atoms with Crippen LogP contribution in [0.4, 0.5) is 0 Å². The Labute approximate surface area is 136 Å². The van der Waals surface area contributed by atoms with Crippen molar-refractivity contribution in [3.8, 4) is 12.1 Å². The number of hydrogen-bond acceptors (Lipinski definition) is 6. The van der Waals surface area contributed by atoms with E-state index in [4.69, 9.17) is 15.1 Å². The molecule has 0 radical (unpaired) electrons. The first-order chi connectivity index (χ1) is 9.19. The third-order valence-corrected chi connectivity index (χ3v) is 5.01. The summed E-state index contributed by atoms with van der Waals surface area (Å²) in [7, 11) is -7.99. The number of hydrogen-bond donors (Lipinski definition) is 1. The van der Waals surface area contributed by atoms with Crippen molar-refractivity contribution < 1.29 is 41.7 Å². The SMILES string of the molecule is N#Cc1ccc(S(=O)(=O)CCCS(=O)(=O)O)cc1C#N.[H-].[Li+]. The summed E-state index contributed by atoms with van der Waals surface area (Å²) < 4.78 is 53.4. The first-order valence-corrected chi connectivity index (χ1v) is 8.58. The number of nitriles is 2. The molecule has 1 aromatic rings. The van der Waals surface area contributed by atoms with Gasteiger partial charge in [-0.1, -0.05) is 0 Å². The molecular formula is C11H11LiN2O5S2. The summed E-state index contributed by atoms with van der Waals surface area (Å²) in [5.74, 6) is -1.14. The Bertz CT molecular complexity index is 810. The summed E-state index contributed by atoms with van der Waals surface area (Å²) in [5.41, 5.74) is -0.00672. The first kappa shape index (κ1) is 19.7. The quantitative estimate of drug-likeness (QED) is 0.471. The molecule has 0 unspecified atom stereocenters. The molecule has 0 saturated carbocycles. The Hall–Kier alpha value is -1.34. The van der Waals surface area contributed by atoms with Gasteiger partial charge in [-0.05, 0) is 24.6 Å². The molecule has 1 aromatic carbocycles. The van der Waals surface area contributed by atoms with Crippen LogP contribution in [0.1, 0.15) is 19.0 Å². The molecule has 10 heteroatoms. The fourth-order valence-corrected chi connectivity index (χ4v) is 3.48. The van der Waals surface area contributed by atoms with Crippen LogP contribution in [0.3, 0.4) is 0 Å². The monoisotopic (exact) mass is 322 g/mol. The number of sulfone groups is 1. The predicted molar refractivity (Wildman–Crippen MR) is 70.1 cm³/mol. The van der Waals surface area contributed by atoms with E-state index in [9.17, 15) is 16.8 Å². The third-order valence-electron chi connectivity index (χ3n) is 2.41. The molecule has 0 aromatic heterocycles. The largest absolute Gasteiger partial charge is 1.00 e. The summed E-state index contributed by atoms with van der Waals surface area (Å²) in [6.45, 7) is 0. The van der Waals surface area contributed by atoms with E-state index in [0.29, 0.717) is 0 Å². The summed E-state index contributed by atoms with van der Waals surface area (Å²) in [5, 5.41) is 17.5. The molecule has 0 atom stereocenters. The van der Waals surface area contributed by atoms with Gasteiger partial charge in [-0.15, -0.1) is 0 Å². The van der Waals surface area contributed by atoms with Gasteiger partial charge in [0, 0.05) is 0 Å². The zero-order valence-electron chi connectivity index (χ0n) is 12.1. The van der Waals surface area contributed by atoms with Gasteiger partial charge in [-0.25, -0.2) is 8.42 Å². The minimum atomic E-state index is -4.21. The molecule has 7 nitrogen and oxygen atoms in total. The van der Waals surface area contributed by atoms with Crippen molar-refractivity contribution in [3.05, 3.63) is 29.3 Å². The molecular weight excluding hydrogens is 311 g/mol. The fourth-order valence-electron chi connectivity index (χ4n) is 1.46. The van der Waals surface area contributed by atoms with E-state index < -0.39 is 31.5 Å². The van der Waals surface area contributed by atoms with Crippen molar-refractivity contribution in [2.45, 2.75) is 11.3 Å². The van der Waals surface area contributed by atoms with Crippen LogP contribution in [0.15, 0.2) is 23.1 Å². The van der Waals surface area contributed by atoms with Gasteiger partial charge >= 0.3 is 18.9 Å². The molecule has 0 heterocycles. The molecule has 1 rings (SSSR count). The van der Waals surface area contributed by atoms with Gasteiger partial charge in [-0.3, -0.25) is 4.55 Å². The second-order valence-corrected chi connectivity index (χ2v) is 7.57. The second-order valence-electron chi connectivity index (χ2n) is 3.89. The molecule has 0 fully saturated rings. The Morgan fingerprint density at radius 3 is 2.10 bits per heavy atom. The van der Waals surface area contributed by atoms with Crippen molar-refractivity contribution in [3.63, 3.8) is 0 Å². The molecule has 0 aliphatic heterocycles. The topological polar surface area (TPSA) is 136 Å². The van der Waals surface area contributed by atoms with Crippen LogP contribution in [0.25, 0.3) is 0 Å². The van der Waals surface area contributed by atoms with Crippen molar-refractivity contribution in [1.82, 2.24) is 0 Å². The average molecular weight is 322 g/mol. The van der Waals surface area contributed by atoms with E-state index in [-0.39, 0.29) is 42.7 Å². The Kier molecular flexibility index (Phi) is 7.12. The van der Waals surface area contributed by atoms with Crippen molar-refractivity contribution in [2.75, 3.05) is 11.5 Å². The van der Waals surface area contributed by atoms with Gasteiger partial charge in [0.1, 0.15) is 12.1 Å². The Morgan fingerprint density at radius 2 is 1.62 bits per heavy atom. The molecule has 0 aliphatic rings. The van der Waals surface area contributed by atoms with Gasteiger partial charge in [0.15, 0.2) is 9.84 Å². The number of nitrogens with zero attached hydrogens (tertiary/aromatic N) is 2. The van der Waals surface area contributed by atoms with Crippen LogP contribution < -0.4 is 18.9 Å². The average Bonchev–Trinajstić information content (AvgIpc) is 2.36. The summed E-state index contributed by atoms with van der Waals surface area (Å²) >= 11 is 0. The molecule has 0 saturated heterocycles. The number of rotatable bonds is 5. The van der Waals surface area contributed by atoms with E-state index in [1.165, 1.54) is 12.1 Å². The Morgan fingerprint density at radius 1 is 1.05 bits per heavy atom. The fraction of sp³-hybridized carbons (Fsp3) is 0.273. The standard InChI is InChI=1S/C11H10N2O5S2.Li.H/c12-7-9-2-3-11(6-10(9)8-13)19(14,15)4-1-5-20(16,17)18;;/h2-3,6H,1,4-5H2,(H,16,17,18);;/q;+1;-1. The smallest absolute Gasteiger partial charge is 1.00 e. The van der Waals surface area contributed by atoms with Crippen LogP contribution in [0.5, 0.6) is 0 Å². The van der Waals surface area contributed by atoms with E-state index in [1.54, 1.807) is 12.1 Å². The zero-order chi connectivity index (χ0) is 15.4. The molecule has 108 valence electrons. The van der Waals surface area contributed by atoms with Crippen LogP contribution in [-0.2, 0) is 20.0 Å². The molecule has 0 bridgehead atoms. The zero-order valence-corrected chi connectivity index (χ0v) is 12.8. The molecule has 0 amide bonds. The normalized spacial score (nSPS) is 11.0. The van der Waals surface area contributed by atoms with E-state index >= 15 is 0 Å². The predicted octanol–water partition coefficient (Wildman–Crippen LogP) is -2.40. The van der Waals surface area contributed by atoms with E-state index in [2.05, 4.69) is 0 Å². The molecule has 1 N–H and O–H groups in total. The first-order valence-electron chi connectivity index (χ1n) is 5.32. The van der Waals surface area contributed by atoms with Gasteiger partial charge in [0.2, 0.25) is 0 Å². The molecule has 0 spiro atoms. The second kappa shape index (κ2) is 7.60. The third kappa shape index (κ3) is 5.89. The Balaban J connectivity index is 0. The van der Waals surface area contributed by atoms with Crippen LogP contribution in [0, 0.1) is 22.7 Å². The summed E-state index contributed by atoms with van der Waals surface area (Å²) in [6.07, 6.45) is -0.261. The van der Waals surface area contributed by atoms with E-state index in [1.807, 2.05) is 0 Å². The summed E-state index contributed by atoms with van der Waals surface area (Å²) in [4.78, 5) is -0.164. The van der Waals surface area contributed by atoms with Crippen LogP contribution in [0.2, 0.25) is 0 Å². The molecule has 21 heavy (non-hydrogen) atoms. The van der Waals surface area contributed by atoms with Crippen molar-refractivity contribution in [2.24, 2.45) is 0 Å². The maximum atomic E-state index is 11.9. The van der Waals surface area contributed by atoms with Crippen molar-refractivity contribution in [1.29, 1.82) is 10.5 Å². The summed E-state index contributed by atoms with van der Waals surface area (Å²) in [6, 6.07) is 6.95. The van der Waals surface area contributed by atoms with Gasteiger partial charge in [0.25, 0.3) is 10.1 Å². The van der Waals surface area contributed by atoms with Gasteiger partial charge in [-0.2, -0.15) is 18.9 Å². The van der Waals surface area contributed by atoms with Crippen molar-refractivity contribution >= 4 is 20.0 Å². The minimum Gasteiger partial charge on any atom is -1.00 e. The van der Waals surface area contributed by atoms with Gasteiger partial charge in [0.05, 0.1) is 27.5 Å². The molecule has 0 aliphatic carbocycles. The number of benzene rings is 1. The maximum absolute atomic E-state index is 11.9. The van der Waals surface area contributed by atoms with Crippen LogP contribution in [-0.4, -0.2) is 32.9 Å². The van der Waals surface area contributed by atoms with Gasteiger partial charge < -0.3 is 1.43 Å². The van der Waals surface area contributed by atoms with E-state index in [0.717, 1.165) is 6.07 Å².